The van der Waals surface area contributed by atoms with Gasteiger partial charge in [-0.3, -0.25) is 4.79 Å². The van der Waals surface area contributed by atoms with Crippen LogP contribution in [0.5, 0.6) is 5.75 Å². The number of benzene rings is 1. The summed E-state index contributed by atoms with van der Waals surface area (Å²) >= 11 is 0. The third-order valence-corrected chi connectivity index (χ3v) is 1.93. The molecule has 0 N–H and O–H groups in total. The molecule has 1 rings (SSSR count). The zero-order chi connectivity index (χ0) is 13.1. The van der Waals surface area contributed by atoms with E-state index in [2.05, 4.69) is 9.47 Å². The standard InChI is InChI=1S/C10H8BF3O3/c1-16-9(15)8(11)6-2-4-7(5-3-6)17-10(12,13)14/h2-5,8H,1H3. The van der Waals surface area contributed by atoms with E-state index in [1.165, 1.54) is 19.2 Å². The molecule has 2 radical (unpaired) electrons. The van der Waals surface area contributed by atoms with Gasteiger partial charge in [-0.05, 0) is 17.7 Å². The number of hydrogen-bond donors (Lipinski definition) is 0. The molecule has 0 saturated heterocycles. The lowest BCUT2D eigenvalue weighted by atomic mass is 9.81. The molecule has 17 heavy (non-hydrogen) atoms. The molecule has 0 fully saturated rings. The Kier molecular flexibility index (Phi) is 4.04. The number of esters is 1. The zero-order valence-corrected chi connectivity index (χ0v) is 8.82. The lowest BCUT2D eigenvalue weighted by Crippen LogP contribution is -2.17. The molecule has 0 bridgehead atoms. The lowest BCUT2D eigenvalue weighted by molar-refractivity contribution is -0.274. The summed E-state index contributed by atoms with van der Waals surface area (Å²) in [6, 6.07) is 4.68. The smallest absolute Gasteiger partial charge is 0.469 e. The van der Waals surface area contributed by atoms with Crippen molar-refractivity contribution in [1.82, 2.24) is 0 Å². The van der Waals surface area contributed by atoms with E-state index in [0.29, 0.717) is 5.56 Å². The molecule has 0 aliphatic carbocycles. The average molecular weight is 244 g/mol. The average Bonchev–Trinajstić information content (AvgIpc) is 2.26. The molecular formula is C10H8BF3O3. The Balaban J connectivity index is 2.78. The van der Waals surface area contributed by atoms with Crippen molar-refractivity contribution in [3.8, 4) is 5.75 Å². The highest BCUT2D eigenvalue weighted by atomic mass is 19.4. The van der Waals surface area contributed by atoms with Crippen LogP contribution in [-0.2, 0) is 9.53 Å². The fraction of sp³-hybridized carbons (Fsp3) is 0.300. The van der Waals surface area contributed by atoms with E-state index in [1.54, 1.807) is 0 Å². The molecule has 1 aromatic carbocycles. The van der Waals surface area contributed by atoms with Crippen LogP contribution in [0.25, 0.3) is 0 Å². The summed E-state index contributed by atoms with van der Waals surface area (Å²) < 4.78 is 43.7. The molecule has 0 aromatic heterocycles. The Morgan fingerprint density at radius 2 is 1.82 bits per heavy atom. The van der Waals surface area contributed by atoms with Gasteiger partial charge in [0, 0.05) is 5.82 Å². The van der Waals surface area contributed by atoms with Crippen LogP contribution < -0.4 is 4.74 Å². The molecule has 0 aliphatic heterocycles. The number of carbonyl (C=O) groups excluding carboxylic acids is 1. The second-order valence-electron chi connectivity index (χ2n) is 3.12. The van der Waals surface area contributed by atoms with Crippen LogP contribution in [0.2, 0.25) is 0 Å². The molecule has 3 nitrogen and oxygen atoms in total. The largest absolute Gasteiger partial charge is 0.573 e. The third-order valence-electron chi connectivity index (χ3n) is 1.93. The van der Waals surface area contributed by atoms with Gasteiger partial charge in [-0.2, -0.15) is 0 Å². The number of hydrogen-bond acceptors (Lipinski definition) is 3. The van der Waals surface area contributed by atoms with E-state index < -0.39 is 18.1 Å². The van der Waals surface area contributed by atoms with E-state index in [-0.39, 0.29) is 5.75 Å². The van der Waals surface area contributed by atoms with Crippen LogP contribution in [0.4, 0.5) is 13.2 Å². The second kappa shape index (κ2) is 5.12. The van der Waals surface area contributed by atoms with Crippen LogP contribution in [-0.4, -0.2) is 27.3 Å². The quantitative estimate of drug-likeness (QED) is 0.602. The van der Waals surface area contributed by atoms with Gasteiger partial charge in [0.25, 0.3) is 0 Å². The first-order valence-corrected chi connectivity index (χ1v) is 4.52. The van der Waals surface area contributed by atoms with Crippen molar-refractivity contribution in [2.75, 3.05) is 7.11 Å². The SMILES string of the molecule is [B]C(C(=O)OC)c1ccc(OC(F)(F)F)cc1. The Labute approximate surface area is 96.9 Å². The summed E-state index contributed by atoms with van der Waals surface area (Å²) in [6.07, 6.45) is -4.74. The van der Waals surface area contributed by atoms with Crippen molar-refractivity contribution in [2.24, 2.45) is 0 Å². The van der Waals surface area contributed by atoms with Gasteiger partial charge in [0.05, 0.1) is 15.0 Å². The molecule has 90 valence electrons. The summed E-state index contributed by atoms with van der Waals surface area (Å²) in [4.78, 5) is 11.1. The van der Waals surface area contributed by atoms with Gasteiger partial charge in [-0.15, -0.1) is 13.2 Å². The molecule has 0 spiro atoms. The molecule has 1 aromatic rings. The maximum atomic E-state index is 11.9. The minimum Gasteiger partial charge on any atom is -0.469 e. The van der Waals surface area contributed by atoms with Crippen molar-refractivity contribution >= 4 is 13.8 Å². The molecule has 0 amide bonds. The first-order chi connectivity index (χ1) is 7.83. The summed E-state index contributed by atoms with van der Waals surface area (Å²) in [5, 5.41) is 0. The van der Waals surface area contributed by atoms with E-state index in [0.717, 1.165) is 12.1 Å². The van der Waals surface area contributed by atoms with E-state index in [1.807, 2.05) is 0 Å². The van der Waals surface area contributed by atoms with Gasteiger partial charge in [0.1, 0.15) is 5.75 Å². The van der Waals surface area contributed by atoms with Crippen LogP contribution in [0.15, 0.2) is 24.3 Å². The number of ether oxygens (including phenoxy) is 2. The van der Waals surface area contributed by atoms with Gasteiger partial charge in [0.2, 0.25) is 0 Å². The van der Waals surface area contributed by atoms with Crippen molar-refractivity contribution in [3.63, 3.8) is 0 Å². The zero-order valence-electron chi connectivity index (χ0n) is 8.82. The Morgan fingerprint density at radius 1 is 1.29 bits per heavy atom. The first kappa shape index (κ1) is 13.4. The minimum atomic E-state index is -4.74. The summed E-state index contributed by atoms with van der Waals surface area (Å²) in [6.45, 7) is 0. The second-order valence-corrected chi connectivity index (χ2v) is 3.12. The fourth-order valence-corrected chi connectivity index (χ4v) is 1.14. The first-order valence-electron chi connectivity index (χ1n) is 4.52. The van der Waals surface area contributed by atoms with Crippen LogP contribution >= 0.6 is 0 Å². The molecule has 0 aliphatic rings. The predicted molar refractivity (Wildman–Crippen MR) is 53.6 cm³/mol. The summed E-state index contributed by atoms with van der Waals surface area (Å²) in [5.41, 5.74) is 0.339. The Bertz CT molecular complexity index is 389. The third kappa shape index (κ3) is 4.01. The van der Waals surface area contributed by atoms with Gasteiger partial charge in [-0.1, -0.05) is 12.1 Å². The van der Waals surface area contributed by atoms with Crippen molar-refractivity contribution < 1.29 is 27.4 Å². The molecule has 1 unspecified atom stereocenters. The van der Waals surface area contributed by atoms with E-state index in [9.17, 15) is 18.0 Å². The topological polar surface area (TPSA) is 35.5 Å². The van der Waals surface area contributed by atoms with Gasteiger partial charge in [0.15, 0.2) is 0 Å². The van der Waals surface area contributed by atoms with Gasteiger partial charge < -0.3 is 9.47 Å². The van der Waals surface area contributed by atoms with E-state index in [4.69, 9.17) is 7.85 Å². The number of methoxy groups -OCH3 is 1. The van der Waals surface area contributed by atoms with Crippen LogP contribution in [0, 0.1) is 0 Å². The molecule has 0 heterocycles. The molecule has 1 atom stereocenters. The number of rotatable bonds is 3. The van der Waals surface area contributed by atoms with Crippen molar-refractivity contribution in [2.45, 2.75) is 12.2 Å². The van der Waals surface area contributed by atoms with Gasteiger partial charge >= 0.3 is 12.3 Å². The predicted octanol–water partition coefficient (Wildman–Crippen LogP) is 1.97. The molecule has 0 saturated carbocycles. The monoisotopic (exact) mass is 244 g/mol. The highest BCUT2D eigenvalue weighted by Gasteiger charge is 2.31. The van der Waals surface area contributed by atoms with Gasteiger partial charge in [-0.25, -0.2) is 0 Å². The fourth-order valence-electron chi connectivity index (χ4n) is 1.14. The van der Waals surface area contributed by atoms with Crippen molar-refractivity contribution in [1.29, 1.82) is 0 Å². The van der Waals surface area contributed by atoms with Crippen LogP contribution in [0.3, 0.4) is 0 Å². The molecular weight excluding hydrogens is 236 g/mol. The maximum absolute atomic E-state index is 11.9. The highest BCUT2D eigenvalue weighted by molar-refractivity contribution is 6.23. The minimum absolute atomic E-state index is 0.339. The lowest BCUT2D eigenvalue weighted by Gasteiger charge is -2.12. The number of carbonyl (C=O) groups is 1. The number of alkyl halides is 3. The van der Waals surface area contributed by atoms with Crippen molar-refractivity contribution in [3.05, 3.63) is 29.8 Å². The number of halogens is 3. The molecule has 7 heteroatoms. The Morgan fingerprint density at radius 3 is 2.24 bits per heavy atom. The van der Waals surface area contributed by atoms with E-state index >= 15 is 0 Å². The summed E-state index contributed by atoms with van der Waals surface area (Å²) in [5.74, 6) is -2.08. The normalized spacial score (nSPS) is 12.9. The highest BCUT2D eigenvalue weighted by Crippen LogP contribution is 2.24. The maximum Gasteiger partial charge on any atom is 0.573 e. The Hall–Kier alpha value is -1.66. The van der Waals surface area contributed by atoms with Crippen LogP contribution in [0.1, 0.15) is 11.4 Å². The summed E-state index contributed by atoms with van der Waals surface area (Å²) in [7, 11) is 6.66.